The molecule has 0 aliphatic rings. The quantitative estimate of drug-likeness (QED) is 0.687. The van der Waals surface area contributed by atoms with Gasteiger partial charge in [-0.2, -0.15) is 0 Å². The number of aromatic amines is 1. The molecule has 0 saturated carbocycles. The van der Waals surface area contributed by atoms with Crippen LogP contribution in [0, 0.1) is 0 Å². The Hall–Kier alpha value is -2.10. The van der Waals surface area contributed by atoms with E-state index < -0.39 is 0 Å². The van der Waals surface area contributed by atoms with E-state index >= 15 is 0 Å². The van der Waals surface area contributed by atoms with Crippen LogP contribution in [0.15, 0.2) is 48.7 Å². The van der Waals surface area contributed by atoms with Gasteiger partial charge in [0.1, 0.15) is 0 Å². The molecule has 2 N–H and O–H groups in total. The zero-order valence-electron chi connectivity index (χ0n) is 14.9. The maximum absolute atomic E-state index is 3.56. The van der Waals surface area contributed by atoms with Crippen molar-refractivity contribution in [1.82, 2.24) is 15.2 Å². The Morgan fingerprint density at radius 3 is 2.38 bits per heavy atom. The van der Waals surface area contributed by atoms with E-state index in [1.165, 1.54) is 33.2 Å². The first-order chi connectivity index (χ1) is 11.7. The monoisotopic (exact) mass is 321 g/mol. The minimum Gasteiger partial charge on any atom is -0.361 e. The van der Waals surface area contributed by atoms with Crippen LogP contribution in [0.1, 0.15) is 29.2 Å². The molecule has 0 radical (unpaired) electrons. The van der Waals surface area contributed by atoms with Gasteiger partial charge in [-0.05, 0) is 42.8 Å². The van der Waals surface area contributed by atoms with Crippen LogP contribution in [0.25, 0.3) is 10.9 Å². The Morgan fingerprint density at radius 1 is 0.917 bits per heavy atom. The minimum absolute atomic E-state index is 0.882. The number of hydrogen-bond donors (Lipinski definition) is 2. The van der Waals surface area contributed by atoms with E-state index in [2.05, 4.69) is 84.9 Å². The fourth-order valence-corrected chi connectivity index (χ4v) is 3.19. The molecule has 3 nitrogen and oxygen atoms in total. The summed E-state index contributed by atoms with van der Waals surface area (Å²) >= 11 is 0. The molecule has 0 aliphatic carbocycles. The van der Waals surface area contributed by atoms with Gasteiger partial charge >= 0.3 is 0 Å². The van der Waals surface area contributed by atoms with Crippen molar-refractivity contribution in [2.75, 3.05) is 14.1 Å². The third kappa shape index (κ3) is 3.86. The number of hydrogen-bond acceptors (Lipinski definition) is 2. The molecule has 0 saturated heterocycles. The standard InChI is InChI=1S/C21H27N3/c1-4-18-6-5-7-20-19(14-23-21(18)20)13-22-12-16-8-10-17(11-9-16)15-24(2)3/h5-11,14,22-23H,4,12-13,15H2,1-3H3. The van der Waals surface area contributed by atoms with Gasteiger partial charge in [-0.15, -0.1) is 0 Å². The van der Waals surface area contributed by atoms with Gasteiger partial charge in [-0.25, -0.2) is 0 Å². The van der Waals surface area contributed by atoms with Crippen molar-refractivity contribution in [2.24, 2.45) is 0 Å². The van der Waals surface area contributed by atoms with E-state index in [-0.39, 0.29) is 0 Å². The molecule has 0 unspecified atom stereocenters. The lowest BCUT2D eigenvalue weighted by molar-refractivity contribution is 0.402. The first-order valence-electron chi connectivity index (χ1n) is 8.68. The molecular weight excluding hydrogens is 294 g/mol. The van der Waals surface area contributed by atoms with Crippen LogP contribution in [0.3, 0.4) is 0 Å². The van der Waals surface area contributed by atoms with Gasteiger partial charge in [0.2, 0.25) is 0 Å². The van der Waals surface area contributed by atoms with Gasteiger partial charge in [0.05, 0.1) is 0 Å². The fourth-order valence-electron chi connectivity index (χ4n) is 3.19. The van der Waals surface area contributed by atoms with E-state index in [0.717, 1.165) is 26.1 Å². The number of aryl methyl sites for hydroxylation is 1. The van der Waals surface area contributed by atoms with E-state index in [1.807, 2.05) is 0 Å². The van der Waals surface area contributed by atoms with Crippen molar-refractivity contribution in [2.45, 2.75) is 33.0 Å². The minimum atomic E-state index is 0.882. The topological polar surface area (TPSA) is 31.1 Å². The molecular formula is C21H27N3. The smallest absolute Gasteiger partial charge is 0.0489 e. The Bertz CT molecular complexity index is 784. The molecule has 3 rings (SSSR count). The maximum atomic E-state index is 3.56. The molecule has 126 valence electrons. The summed E-state index contributed by atoms with van der Waals surface area (Å²) in [4.78, 5) is 5.63. The van der Waals surface area contributed by atoms with Gasteiger partial charge in [-0.3, -0.25) is 0 Å². The summed E-state index contributed by atoms with van der Waals surface area (Å²) in [6, 6.07) is 15.4. The lowest BCUT2D eigenvalue weighted by Crippen LogP contribution is -2.13. The first kappa shape index (κ1) is 16.7. The lowest BCUT2D eigenvalue weighted by Gasteiger charge is -2.10. The van der Waals surface area contributed by atoms with E-state index in [0.29, 0.717) is 0 Å². The molecule has 3 aromatic rings. The van der Waals surface area contributed by atoms with Crippen molar-refractivity contribution < 1.29 is 0 Å². The largest absolute Gasteiger partial charge is 0.361 e. The number of H-pyrrole nitrogens is 1. The summed E-state index contributed by atoms with van der Waals surface area (Å²) < 4.78 is 0. The van der Waals surface area contributed by atoms with Crippen molar-refractivity contribution in [1.29, 1.82) is 0 Å². The Morgan fingerprint density at radius 2 is 1.67 bits per heavy atom. The second-order valence-electron chi connectivity index (χ2n) is 6.66. The van der Waals surface area contributed by atoms with Crippen molar-refractivity contribution in [3.8, 4) is 0 Å². The molecule has 3 heteroatoms. The average Bonchev–Trinajstić information content (AvgIpc) is 2.99. The van der Waals surface area contributed by atoms with Gasteiger partial charge < -0.3 is 15.2 Å². The lowest BCUT2D eigenvalue weighted by atomic mass is 10.1. The van der Waals surface area contributed by atoms with Crippen LogP contribution in [-0.2, 0) is 26.1 Å². The molecule has 0 spiro atoms. The first-order valence-corrected chi connectivity index (χ1v) is 8.68. The number of benzene rings is 2. The Kier molecular flexibility index (Phi) is 5.34. The molecule has 1 heterocycles. The molecule has 0 bridgehead atoms. The molecule has 2 aromatic carbocycles. The zero-order chi connectivity index (χ0) is 16.9. The zero-order valence-corrected chi connectivity index (χ0v) is 14.9. The number of para-hydroxylation sites is 1. The molecule has 0 amide bonds. The summed E-state index contributed by atoms with van der Waals surface area (Å²) in [6.07, 6.45) is 3.20. The second-order valence-corrected chi connectivity index (χ2v) is 6.66. The van der Waals surface area contributed by atoms with Crippen LogP contribution in [-0.4, -0.2) is 24.0 Å². The summed E-state index contributed by atoms with van der Waals surface area (Å²) in [6.45, 7) is 4.96. The highest BCUT2D eigenvalue weighted by atomic mass is 15.0. The highest BCUT2D eigenvalue weighted by molar-refractivity contribution is 5.86. The second kappa shape index (κ2) is 7.65. The predicted octanol–water partition coefficient (Wildman–Crippen LogP) is 4.08. The van der Waals surface area contributed by atoms with Crippen LogP contribution < -0.4 is 5.32 Å². The number of nitrogens with zero attached hydrogens (tertiary/aromatic N) is 1. The van der Waals surface area contributed by atoms with Gasteiger partial charge in [0.25, 0.3) is 0 Å². The highest BCUT2D eigenvalue weighted by Gasteiger charge is 2.06. The van der Waals surface area contributed by atoms with Gasteiger partial charge in [-0.1, -0.05) is 49.4 Å². The molecule has 0 aliphatic heterocycles. The summed E-state index contributed by atoms with van der Waals surface area (Å²) in [5.41, 5.74) is 6.68. The van der Waals surface area contributed by atoms with Gasteiger partial charge in [0, 0.05) is 36.7 Å². The van der Waals surface area contributed by atoms with E-state index in [4.69, 9.17) is 0 Å². The normalized spacial score (nSPS) is 11.5. The van der Waals surface area contributed by atoms with Crippen molar-refractivity contribution in [3.63, 3.8) is 0 Å². The van der Waals surface area contributed by atoms with E-state index in [1.54, 1.807) is 0 Å². The van der Waals surface area contributed by atoms with Crippen LogP contribution in [0.2, 0.25) is 0 Å². The summed E-state index contributed by atoms with van der Waals surface area (Å²) in [7, 11) is 4.20. The average molecular weight is 321 g/mol. The maximum Gasteiger partial charge on any atom is 0.0489 e. The highest BCUT2D eigenvalue weighted by Crippen LogP contribution is 2.22. The SMILES string of the molecule is CCc1cccc2c(CNCc3ccc(CN(C)C)cc3)c[nH]c12. The number of fused-ring (bicyclic) bond motifs is 1. The number of rotatable bonds is 7. The summed E-state index contributed by atoms with van der Waals surface area (Å²) in [5, 5.41) is 4.90. The summed E-state index contributed by atoms with van der Waals surface area (Å²) in [5.74, 6) is 0. The van der Waals surface area contributed by atoms with Crippen molar-refractivity contribution >= 4 is 10.9 Å². The Labute approximate surface area is 144 Å². The molecule has 24 heavy (non-hydrogen) atoms. The van der Waals surface area contributed by atoms with Gasteiger partial charge in [0.15, 0.2) is 0 Å². The van der Waals surface area contributed by atoms with Crippen LogP contribution >= 0.6 is 0 Å². The van der Waals surface area contributed by atoms with Crippen molar-refractivity contribution in [3.05, 3.63) is 70.9 Å². The third-order valence-electron chi connectivity index (χ3n) is 4.43. The van der Waals surface area contributed by atoms with Crippen LogP contribution in [0.4, 0.5) is 0 Å². The fraction of sp³-hybridized carbons (Fsp3) is 0.333. The van der Waals surface area contributed by atoms with Crippen LogP contribution in [0.5, 0.6) is 0 Å². The number of aromatic nitrogens is 1. The Balaban J connectivity index is 1.60. The molecule has 1 aromatic heterocycles. The third-order valence-corrected chi connectivity index (χ3v) is 4.43. The van der Waals surface area contributed by atoms with E-state index in [9.17, 15) is 0 Å². The predicted molar refractivity (Wildman–Crippen MR) is 102 cm³/mol. The molecule has 0 atom stereocenters. The number of nitrogens with one attached hydrogen (secondary N) is 2. The molecule has 0 fully saturated rings.